The molecule has 0 aliphatic carbocycles. The zero-order valence-electron chi connectivity index (χ0n) is 14.0. The predicted molar refractivity (Wildman–Crippen MR) is 101 cm³/mol. The normalized spacial score (nSPS) is 11.7. The summed E-state index contributed by atoms with van der Waals surface area (Å²) in [4.78, 5) is 15.8. The number of carbonyl (C=O) groups excluding carboxylic acids is 1. The number of amides is 1. The molecule has 0 rings (SSSR count). The highest BCUT2D eigenvalue weighted by Gasteiger charge is 2.26. The van der Waals surface area contributed by atoms with Crippen molar-refractivity contribution in [1.82, 2.24) is 10.6 Å². The first-order valence-electron chi connectivity index (χ1n) is 7.70. The van der Waals surface area contributed by atoms with Crippen molar-refractivity contribution >= 4 is 35.8 Å². The van der Waals surface area contributed by atoms with Crippen molar-refractivity contribution in [1.29, 1.82) is 0 Å². The van der Waals surface area contributed by atoms with Gasteiger partial charge >= 0.3 is 0 Å². The number of aliphatic imine (C=N–C) groups is 1. The van der Waals surface area contributed by atoms with Crippen molar-refractivity contribution in [3.05, 3.63) is 0 Å². The monoisotopic (exact) mass is 412 g/mol. The van der Waals surface area contributed by atoms with Crippen LogP contribution < -0.4 is 16.4 Å². The zero-order valence-corrected chi connectivity index (χ0v) is 16.3. The molecule has 6 heteroatoms. The van der Waals surface area contributed by atoms with E-state index in [9.17, 15) is 4.79 Å². The zero-order chi connectivity index (χ0) is 15.4. The maximum absolute atomic E-state index is 11.6. The minimum absolute atomic E-state index is 0. The number of guanidine groups is 1. The van der Waals surface area contributed by atoms with Gasteiger partial charge in [0.2, 0.25) is 5.91 Å². The molecule has 0 aromatic heterocycles. The Bertz CT molecular complexity index is 306. The summed E-state index contributed by atoms with van der Waals surface area (Å²) in [6, 6.07) is 0. The SMILES string of the molecule is CCCCCCCCNC(N)=NCC(C)(C)C(=O)NC.I. The highest BCUT2D eigenvalue weighted by atomic mass is 127. The van der Waals surface area contributed by atoms with Gasteiger partial charge < -0.3 is 16.4 Å². The van der Waals surface area contributed by atoms with Gasteiger partial charge in [-0.3, -0.25) is 9.79 Å². The number of rotatable bonds is 10. The van der Waals surface area contributed by atoms with Gasteiger partial charge in [-0.25, -0.2) is 0 Å². The summed E-state index contributed by atoms with van der Waals surface area (Å²) in [5, 5.41) is 5.74. The Morgan fingerprint density at radius 3 is 2.29 bits per heavy atom. The van der Waals surface area contributed by atoms with Crippen LogP contribution in [0.5, 0.6) is 0 Å². The van der Waals surface area contributed by atoms with Gasteiger partial charge in [-0.2, -0.15) is 0 Å². The van der Waals surface area contributed by atoms with Gasteiger partial charge in [-0.05, 0) is 20.3 Å². The average Bonchev–Trinajstić information content (AvgIpc) is 2.43. The van der Waals surface area contributed by atoms with Crippen LogP contribution in [0.3, 0.4) is 0 Å². The van der Waals surface area contributed by atoms with E-state index in [0.29, 0.717) is 12.5 Å². The molecule has 0 fully saturated rings. The lowest BCUT2D eigenvalue weighted by Crippen LogP contribution is -2.39. The lowest BCUT2D eigenvalue weighted by atomic mass is 9.93. The van der Waals surface area contributed by atoms with Crippen LogP contribution in [0, 0.1) is 5.41 Å². The van der Waals surface area contributed by atoms with Gasteiger partial charge in [-0.15, -0.1) is 24.0 Å². The fraction of sp³-hybridized carbons (Fsp3) is 0.867. The molecule has 0 unspecified atom stereocenters. The van der Waals surface area contributed by atoms with E-state index >= 15 is 0 Å². The second-order valence-corrected chi connectivity index (χ2v) is 5.86. The smallest absolute Gasteiger partial charge is 0.227 e. The number of halogens is 1. The molecule has 0 aliphatic rings. The molecule has 5 nitrogen and oxygen atoms in total. The van der Waals surface area contributed by atoms with Crippen molar-refractivity contribution in [2.24, 2.45) is 16.1 Å². The number of nitrogens with zero attached hydrogens (tertiary/aromatic N) is 1. The van der Waals surface area contributed by atoms with Crippen molar-refractivity contribution in [2.45, 2.75) is 59.3 Å². The molecule has 0 spiro atoms. The van der Waals surface area contributed by atoms with Crippen LogP contribution in [-0.2, 0) is 4.79 Å². The lowest BCUT2D eigenvalue weighted by molar-refractivity contribution is -0.128. The van der Waals surface area contributed by atoms with Gasteiger partial charge in [0.1, 0.15) is 0 Å². The average molecular weight is 412 g/mol. The Labute approximate surface area is 146 Å². The van der Waals surface area contributed by atoms with E-state index < -0.39 is 5.41 Å². The van der Waals surface area contributed by atoms with E-state index in [4.69, 9.17) is 5.73 Å². The van der Waals surface area contributed by atoms with Crippen LogP contribution in [0.15, 0.2) is 4.99 Å². The van der Waals surface area contributed by atoms with E-state index in [2.05, 4.69) is 22.5 Å². The summed E-state index contributed by atoms with van der Waals surface area (Å²) < 4.78 is 0. The summed E-state index contributed by atoms with van der Waals surface area (Å²) in [6.07, 6.45) is 7.55. The van der Waals surface area contributed by atoms with Gasteiger partial charge in [0.15, 0.2) is 5.96 Å². The molecule has 0 radical (unpaired) electrons. The highest BCUT2D eigenvalue weighted by molar-refractivity contribution is 14.0. The Morgan fingerprint density at radius 1 is 1.14 bits per heavy atom. The van der Waals surface area contributed by atoms with Crippen LogP contribution in [0.2, 0.25) is 0 Å². The molecule has 0 saturated heterocycles. The number of carbonyl (C=O) groups is 1. The van der Waals surface area contributed by atoms with Gasteiger partial charge in [0.05, 0.1) is 12.0 Å². The molecular formula is C15H33IN4O. The molecule has 4 N–H and O–H groups in total. The first-order chi connectivity index (χ1) is 9.44. The van der Waals surface area contributed by atoms with Crippen molar-refractivity contribution in [2.75, 3.05) is 20.1 Å². The highest BCUT2D eigenvalue weighted by Crippen LogP contribution is 2.14. The fourth-order valence-corrected chi connectivity index (χ4v) is 1.87. The number of hydrogen-bond acceptors (Lipinski definition) is 2. The molecule has 0 atom stereocenters. The lowest BCUT2D eigenvalue weighted by Gasteiger charge is -2.20. The van der Waals surface area contributed by atoms with E-state index in [1.807, 2.05) is 13.8 Å². The molecule has 0 aromatic carbocycles. The summed E-state index contributed by atoms with van der Waals surface area (Å²) in [7, 11) is 1.63. The summed E-state index contributed by atoms with van der Waals surface area (Å²) in [5.41, 5.74) is 5.27. The fourth-order valence-electron chi connectivity index (χ4n) is 1.87. The van der Waals surface area contributed by atoms with Crippen molar-refractivity contribution in [3.63, 3.8) is 0 Å². The second-order valence-electron chi connectivity index (χ2n) is 5.86. The van der Waals surface area contributed by atoms with E-state index in [1.165, 1.54) is 32.1 Å². The topological polar surface area (TPSA) is 79.5 Å². The predicted octanol–water partition coefficient (Wildman–Crippen LogP) is 2.64. The van der Waals surface area contributed by atoms with E-state index in [0.717, 1.165) is 13.0 Å². The number of nitrogens with one attached hydrogen (secondary N) is 2. The van der Waals surface area contributed by atoms with Gasteiger partial charge in [-0.1, -0.05) is 39.0 Å². The maximum atomic E-state index is 11.6. The van der Waals surface area contributed by atoms with E-state index in [1.54, 1.807) is 7.05 Å². The first-order valence-corrected chi connectivity index (χ1v) is 7.70. The second kappa shape index (κ2) is 13.2. The Hall–Kier alpha value is -0.530. The minimum atomic E-state index is -0.527. The summed E-state index contributed by atoms with van der Waals surface area (Å²) in [6.45, 7) is 7.18. The van der Waals surface area contributed by atoms with Crippen LogP contribution in [-0.4, -0.2) is 32.0 Å². The van der Waals surface area contributed by atoms with Crippen molar-refractivity contribution in [3.8, 4) is 0 Å². The van der Waals surface area contributed by atoms with Gasteiger partial charge in [0, 0.05) is 13.6 Å². The molecule has 21 heavy (non-hydrogen) atoms. The summed E-state index contributed by atoms with van der Waals surface area (Å²) >= 11 is 0. The third-order valence-corrected chi connectivity index (χ3v) is 3.32. The molecule has 0 heterocycles. The molecule has 0 saturated carbocycles. The van der Waals surface area contributed by atoms with Crippen LogP contribution in [0.25, 0.3) is 0 Å². The largest absolute Gasteiger partial charge is 0.370 e. The molecule has 0 bridgehead atoms. The number of hydrogen-bond donors (Lipinski definition) is 3. The first kappa shape index (κ1) is 22.7. The third kappa shape index (κ3) is 11.8. The molecule has 126 valence electrons. The maximum Gasteiger partial charge on any atom is 0.227 e. The molecule has 0 aliphatic heterocycles. The summed E-state index contributed by atoms with van der Waals surface area (Å²) in [5.74, 6) is 0.403. The number of nitrogens with two attached hydrogens (primary N) is 1. The molecule has 1 amide bonds. The Balaban J connectivity index is 0. The molecule has 0 aromatic rings. The number of unbranched alkanes of at least 4 members (excludes halogenated alkanes) is 5. The quantitative estimate of drug-likeness (QED) is 0.223. The van der Waals surface area contributed by atoms with Crippen molar-refractivity contribution < 1.29 is 4.79 Å². The van der Waals surface area contributed by atoms with Crippen LogP contribution >= 0.6 is 24.0 Å². The Kier molecular flexibility index (Phi) is 14.2. The van der Waals surface area contributed by atoms with Crippen LogP contribution in [0.4, 0.5) is 0 Å². The van der Waals surface area contributed by atoms with Gasteiger partial charge in [0.25, 0.3) is 0 Å². The van der Waals surface area contributed by atoms with E-state index in [-0.39, 0.29) is 29.9 Å². The third-order valence-electron chi connectivity index (χ3n) is 3.32. The standard InChI is InChI=1S/C15H32N4O.HI/c1-5-6-7-8-9-10-11-18-14(16)19-12-15(2,3)13(20)17-4;/h5-12H2,1-4H3,(H,17,20)(H3,16,18,19);1H. The molecular weight excluding hydrogens is 379 g/mol. The van der Waals surface area contributed by atoms with Crippen LogP contribution in [0.1, 0.15) is 59.3 Å². The minimum Gasteiger partial charge on any atom is -0.370 e. The Morgan fingerprint density at radius 2 is 1.71 bits per heavy atom.